The summed E-state index contributed by atoms with van der Waals surface area (Å²) < 4.78 is 4.79. The van der Waals surface area contributed by atoms with E-state index in [9.17, 15) is 0 Å². The summed E-state index contributed by atoms with van der Waals surface area (Å²) in [7, 11) is 0. The third-order valence-corrected chi connectivity index (χ3v) is 11.3. The quantitative estimate of drug-likeness (QED) is 0.185. The molecule has 52 heavy (non-hydrogen) atoms. The Balaban J connectivity index is 1.14. The van der Waals surface area contributed by atoms with E-state index in [-0.39, 0.29) is 0 Å². The Morgan fingerprint density at radius 2 is 0.942 bits per heavy atom. The van der Waals surface area contributed by atoms with Crippen LogP contribution in [0.1, 0.15) is 0 Å². The number of rotatable bonds is 3. The van der Waals surface area contributed by atoms with Gasteiger partial charge in [0.2, 0.25) is 0 Å². The van der Waals surface area contributed by atoms with E-state index in [1.54, 1.807) is 0 Å². The third kappa shape index (κ3) is 3.61. The maximum absolute atomic E-state index is 5.23. The van der Waals surface area contributed by atoms with Crippen LogP contribution in [0, 0.1) is 0 Å². The molecule has 0 unspecified atom stereocenters. The molecule has 8 aromatic carbocycles. The molecule has 11 aromatic rings. The lowest BCUT2D eigenvalue weighted by molar-refractivity contribution is 1.10. The molecule has 0 N–H and O–H groups in total. The number of fused-ring (bicyclic) bond motifs is 11. The van der Waals surface area contributed by atoms with Crippen LogP contribution in [0.2, 0.25) is 0 Å². The second-order valence-corrected chi connectivity index (χ2v) is 13.9. The van der Waals surface area contributed by atoms with Crippen LogP contribution in [0.4, 0.5) is 0 Å². The predicted octanol–water partition coefficient (Wildman–Crippen LogP) is 12.9. The summed E-state index contributed by atoms with van der Waals surface area (Å²) in [6.07, 6.45) is 2.08. The number of benzene rings is 8. The molecule has 3 aromatic heterocycles. The average molecular weight is 660 g/mol. The Bertz CT molecular complexity index is 3260. The molecule has 0 bridgehead atoms. The zero-order valence-electron chi connectivity index (χ0n) is 28.1. The SMILES string of the molecule is c1ccc(-n2c3ccccc3c3c4ccccc4c(-c4ccc5c(c4)c4ccccc4n5-c4ncc5c6c(cccc46)-c4ccccc4-5)cc32)cc1. The van der Waals surface area contributed by atoms with Gasteiger partial charge in [-0.2, -0.15) is 0 Å². The van der Waals surface area contributed by atoms with Crippen molar-refractivity contribution in [3.8, 4) is 44.9 Å². The van der Waals surface area contributed by atoms with E-state index >= 15 is 0 Å². The van der Waals surface area contributed by atoms with Crippen LogP contribution >= 0.6 is 0 Å². The Kier molecular flexibility index (Phi) is 5.50. The van der Waals surface area contributed by atoms with Gasteiger partial charge >= 0.3 is 0 Å². The molecule has 1 aliphatic carbocycles. The molecular weight excluding hydrogens is 631 g/mol. The summed E-state index contributed by atoms with van der Waals surface area (Å²) in [4.78, 5) is 5.23. The Hall–Kier alpha value is -6.97. The van der Waals surface area contributed by atoms with Crippen LogP contribution in [-0.4, -0.2) is 14.1 Å². The molecule has 1 aliphatic rings. The lowest BCUT2D eigenvalue weighted by atomic mass is 9.94. The number of hydrogen-bond donors (Lipinski definition) is 0. The molecule has 3 heteroatoms. The number of pyridine rings is 1. The van der Waals surface area contributed by atoms with Crippen LogP contribution in [-0.2, 0) is 0 Å². The van der Waals surface area contributed by atoms with Crippen LogP contribution in [0.5, 0.6) is 0 Å². The molecular formula is C49H29N3. The van der Waals surface area contributed by atoms with Gasteiger partial charge < -0.3 is 4.57 Å². The highest BCUT2D eigenvalue weighted by Gasteiger charge is 2.25. The topological polar surface area (TPSA) is 22.8 Å². The smallest absolute Gasteiger partial charge is 0.145 e. The molecule has 0 fully saturated rings. The van der Waals surface area contributed by atoms with Crippen LogP contribution in [0.15, 0.2) is 176 Å². The van der Waals surface area contributed by atoms with Gasteiger partial charge in [0.15, 0.2) is 0 Å². The third-order valence-electron chi connectivity index (χ3n) is 11.3. The molecule has 0 amide bonds. The van der Waals surface area contributed by atoms with Crippen LogP contribution in [0.25, 0.3) is 110 Å². The molecule has 0 radical (unpaired) electrons. The summed E-state index contributed by atoms with van der Waals surface area (Å²) in [6.45, 7) is 0. The first kappa shape index (κ1) is 27.8. The van der Waals surface area contributed by atoms with E-state index in [1.807, 2.05) is 0 Å². The summed E-state index contributed by atoms with van der Waals surface area (Å²) in [5.41, 5.74) is 13.3. The van der Waals surface area contributed by atoms with E-state index in [1.165, 1.54) is 87.5 Å². The molecule has 3 heterocycles. The molecule has 0 saturated heterocycles. The Morgan fingerprint density at radius 3 is 1.77 bits per heavy atom. The lowest BCUT2D eigenvalue weighted by Gasteiger charge is -2.13. The summed E-state index contributed by atoms with van der Waals surface area (Å²) >= 11 is 0. The van der Waals surface area contributed by atoms with Crippen molar-refractivity contribution in [3.05, 3.63) is 176 Å². The van der Waals surface area contributed by atoms with E-state index < -0.39 is 0 Å². The lowest BCUT2D eigenvalue weighted by Crippen LogP contribution is -1.99. The van der Waals surface area contributed by atoms with Gasteiger partial charge in [-0.1, -0.05) is 127 Å². The van der Waals surface area contributed by atoms with E-state index in [2.05, 4.69) is 185 Å². The molecule has 240 valence electrons. The van der Waals surface area contributed by atoms with E-state index in [0.29, 0.717) is 0 Å². The van der Waals surface area contributed by atoms with Gasteiger partial charge in [0.25, 0.3) is 0 Å². The number of para-hydroxylation sites is 3. The highest BCUT2D eigenvalue weighted by atomic mass is 15.1. The molecule has 12 rings (SSSR count). The second-order valence-electron chi connectivity index (χ2n) is 13.9. The fourth-order valence-electron chi connectivity index (χ4n) is 9.14. The number of aromatic nitrogens is 3. The molecule has 3 nitrogen and oxygen atoms in total. The Labute approximate surface area is 299 Å². The Morgan fingerprint density at radius 1 is 0.327 bits per heavy atom. The minimum absolute atomic E-state index is 0.964. The number of hydrogen-bond acceptors (Lipinski definition) is 1. The van der Waals surface area contributed by atoms with E-state index in [4.69, 9.17) is 4.98 Å². The maximum Gasteiger partial charge on any atom is 0.145 e. The van der Waals surface area contributed by atoms with Crippen molar-refractivity contribution < 1.29 is 0 Å². The monoisotopic (exact) mass is 659 g/mol. The zero-order valence-corrected chi connectivity index (χ0v) is 28.1. The van der Waals surface area contributed by atoms with Crippen molar-refractivity contribution in [2.75, 3.05) is 0 Å². The standard InChI is InChI=1S/C49H29N3/c1-2-13-31(14-3-1)51-44-24-11-9-20-38(44)48-37-19-7-6-17-34(37)40(28-46(48)51)30-25-26-45-41(27-30)35-18-8-10-23-43(35)52(45)49-39-22-12-21-36-32-15-4-5-16-33(32)42(29-50-49)47(36)39/h1-29H. The fourth-order valence-corrected chi connectivity index (χ4v) is 9.14. The normalized spacial score (nSPS) is 12.2. The average Bonchev–Trinajstić information content (AvgIpc) is 3.85. The summed E-state index contributed by atoms with van der Waals surface area (Å²) in [6, 6.07) is 62.0. The van der Waals surface area contributed by atoms with Gasteiger partial charge in [0.05, 0.1) is 22.1 Å². The minimum Gasteiger partial charge on any atom is -0.309 e. The van der Waals surface area contributed by atoms with Crippen LogP contribution in [0.3, 0.4) is 0 Å². The molecule has 0 atom stereocenters. The van der Waals surface area contributed by atoms with Crippen molar-refractivity contribution in [3.63, 3.8) is 0 Å². The zero-order chi connectivity index (χ0) is 33.9. The largest absolute Gasteiger partial charge is 0.309 e. The predicted molar refractivity (Wildman–Crippen MR) is 218 cm³/mol. The maximum atomic E-state index is 5.23. The fraction of sp³-hybridized carbons (Fsp3) is 0. The first-order valence-corrected chi connectivity index (χ1v) is 17.9. The van der Waals surface area contributed by atoms with E-state index in [0.717, 1.165) is 22.5 Å². The number of nitrogens with zero attached hydrogens (tertiary/aromatic N) is 3. The second kappa shape index (κ2) is 10.3. The van der Waals surface area contributed by atoms with Gasteiger partial charge in [-0.3, -0.25) is 4.57 Å². The van der Waals surface area contributed by atoms with Gasteiger partial charge in [-0.05, 0) is 81.1 Å². The van der Waals surface area contributed by atoms with Crippen molar-refractivity contribution in [2.45, 2.75) is 0 Å². The molecule has 0 saturated carbocycles. The van der Waals surface area contributed by atoms with Gasteiger partial charge in [-0.25, -0.2) is 4.98 Å². The van der Waals surface area contributed by atoms with Gasteiger partial charge in [0, 0.05) is 49.8 Å². The minimum atomic E-state index is 0.964. The highest BCUT2D eigenvalue weighted by Crippen LogP contribution is 2.49. The van der Waals surface area contributed by atoms with Gasteiger partial charge in [0.1, 0.15) is 5.82 Å². The van der Waals surface area contributed by atoms with Crippen molar-refractivity contribution in [1.29, 1.82) is 0 Å². The van der Waals surface area contributed by atoms with Crippen molar-refractivity contribution >= 4 is 65.2 Å². The summed E-state index contributed by atoms with van der Waals surface area (Å²) in [5.74, 6) is 0.964. The molecule has 0 spiro atoms. The van der Waals surface area contributed by atoms with Gasteiger partial charge in [-0.15, -0.1) is 0 Å². The first-order chi connectivity index (χ1) is 25.8. The first-order valence-electron chi connectivity index (χ1n) is 17.9. The van der Waals surface area contributed by atoms with Crippen LogP contribution < -0.4 is 0 Å². The molecule has 0 aliphatic heterocycles. The highest BCUT2D eigenvalue weighted by molar-refractivity contribution is 6.25. The summed E-state index contributed by atoms with van der Waals surface area (Å²) in [5, 5.41) is 9.96. The van der Waals surface area contributed by atoms with Crippen molar-refractivity contribution in [2.24, 2.45) is 0 Å². The van der Waals surface area contributed by atoms with Crippen molar-refractivity contribution in [1.82, 2.24) is 14.1 Å².